The highest BCUT2D eigenvalue weighted by atomic mass is 16.6. The van der Waals surface area contributed by atoms with Gasteiger partial charge in [0.2, 0.25) is 0 Å². The molecule has 0 saturated carbocycles. The predicted molar refractivity (Wildman–Crippen MR) is 75.4 cm³/mol. The zero-order chi connectivity index (χ0) is 14.4. The number of nitro groups is 1. The Balaban J connectivity index is 1.86. The van der Waals surface area contributed by atoms with Gasteiger partial charge in [-0.1, -0.05) is 0 Å². The molecule has 1 heterocycles. The number of rotatable bonds is 7. The third-order valence-electron chi connectivity index (χ3n) is 3.48. The van der Waals surface area contributed by atoms with E-state index < -0.39 is 4.92 Å². The molecule has 1 unspecified atom stereocenters. The summed E-state index contributed by atoms with van der Waals surface area (Å²) in [4.78, 5) is 10.5. The summed E-state index contributed by atoms with van der Waals surface area (Å²) in [6.07, 6.45) is 4.38. The Morgan fingerprint density at radius 2 is 2.35 bits per heavy atom. The van der Waals surface area contributed by atoms with E-state index >= 15 is 0 Å². The molecule has 1 saturated heterocycles. The van der Waals surface area contributed by atoms with Gasteiger partial charge in [0.25, 0.3) is 0 Å². The van der Waals surface area contributed by atoms with Gasteiger partial charge in [0.15, 0.2) is 5.75 Å². The predicted octanol–water partition coefficient (Wildman–Crippen LogP) is 2.51. The van der Waals surface area contributed by atoms with Crippen LogP contribution < -0.4 is 14.8 Å². The summed E-state index contributed by atoms with van der Waals surface area (Å²) < 4.78 is 10.5. The summed E-state index contributed by atoms with van der Waals surface area (Å²) in [6.45, 7) is 1.58. The van der Waals surface area contributed by atoms with Crippen LogP contribution in [0, 0.1) is 10.1 Å². The van der Waals surface area contributed by atoms with Crippen LogP contribution in [0.5, 0.6) is 11.5 Å². The maximum atomic E-state index is 11.0. The Morgan fingerprint density at radius 1 is 1.50 bits per heavy atom. The largest absolute Gasteiger partial charge is 0.496 e. The second-order valence-corrected chi connectivity index (χ2v) is 4.87. The van der Waals surface area contributed by atoms with Crippen LogP contribution in [0.3, 0.4) is 0 Å². The minimum atomic E-state index is -0.448. The standard InChI is InChI=1S/C14H20N2O4/c1-19-12-6-7-14(13(10-12)16(17)18)20-9-3-5-11-4-2-8-15-11/h6-7,10-11,15H,2-5,8-9H2,1H3. The molecule has 6 heteroatoms. The zero-order valence-electron chi connectivity index (χ0n) is 11.6. The number of nitrogens with one attached hydrogen (secondary N) is 1. The number of hydrogen-bond acceptors (Lipinski definition) is 5. The monoisotopic (exact) mass is 280 g/mol. The van der Waals surface area contributed by atoms with E-state index in [2.05, 4.69) is 5.32 Å². The van der Waals surface area contributed by atoms with Crippen molar-refractivity contribution in [2.75, 3.05) is 20.3 Å². The van der Waals surface area contributed by atoms with E-state index in [1.807, 2.05) is 0 Å². The van der Waals surface area contributed by atoms with Crippen LogP contribution in [-0.4, -0.2) is 31.2 Å². The van der Waals surface area contributed by atoms with E-state index in [0.29, 0.717) is 24.1 Å². The van der Waals surface area contributed by atoms with Crippen LogP contribution >= 0.6 is 0 Å². The smallest absolute Gasteiger partial charge is 0.314 e. The Kier molecular flexibility index (Phi) is 5.17. The molecule has 1 aliphatic rings. The van der Waals surface area contributed by atoms with Gasteiger partial charge in [0.1, 0.15) is 5.75 Å². The topological polar surface area (TPSA) is 73.6 Å². The molecule has 0 aromatic heterocycles. The lowest BCUT2D eigenvalue weighted by Gasteiger charge is -2.11. The minimum Gasteiger partial charge on any atom is -0.496 e. The Bertz CT molecular complexity index is 458. The maximum Gasteiger partial charge on any atom is 0.314 e. The van der Waals surface area contributed by atoms with Crippen LogP contribution in [0.25, 0.3) is 0 Å². The van der Waals surface area contributed by atoms with Crippen molar-refractivity contribution in [2.24, 2.45) is 0 Å². The number of ether oxygens (including phenoxy) is 2. The van der Waals surface area contributed by atoms with Gasteiger partial charge < -0.3 is 14.8 Å². The first-order valence-corrected chi connectivity index (χ1v) is 6.89. The summed E-state index contributed by atoms with van der Waals surface area (Å²) in [5, 5.41) is 14.4. The molecule has 0 bridgehead atoms. The molecule has 0 spiro atoms. The molecule has 1 N–H and O–H groups in total. The lowest BCUT2D eigenvalue weighted by Crippen LogP contribution is -2.21. The van der Waals surface area contributed by atoms with Crippen LogP contribution in [0.4, 0.5) is 5.69 Å². The van der Waals surface area contributed by atoms with E-state index in [-0.39, 0.29) is 5.69 Å². The van der Waals surface area contributed by atoms with Gasteiger partial charge in [-0.3, -0.25) is 10.1 Å². The second kappa shape index (κ2) is 7.09. The van der Waals surface area contributed by atoms with Gasteiger partial charge >= 0.3 is 5.69 Å². The lowest BCUT2D eigenvalue weighted by molar-refractivity contribution is -0.385. The molecular weight excluding hydrogens is 260 g/mol. The minimum absolute atomic E-state index is 0.0525. The van der Waals surface area contributed by atoms with Gasteiger partial charge in [0.05, 0.1) is 24.7 Å². The van der Waals surface area contributed by atoms with Crippen molar-refractivity contribution >= 4 is 5.69 Å². The molecule has 0 amide bonds. The highest BCUT2D eigenvalue weighted by Gasteiger charge is 2.17. The van der Waals surface area contributed by atoms with Gasteiger partial charge in [-0.2, -0.15) is 0 Å². The number of methoxy groups -OCH3 is 1. The van der Waals surface area contributed by atoms with Gasteiger partial charge in [-0.05, 0) is 44.4 Å². The molecule has 0 aliphatic carbocycles. The molecule has 2 rings (SSSR count). The summed E-state index contributed by atoms with van der Waals surface area (Å²) in [5.74, 6) is 0.759. The van der Waals surface area contributed by atoms with Crippen molar-refractivity contribution in [3.63, 3.8) is 0 Å². The number of nitro benzene ring substituents is 1. The van der Waals surface area contributed by atoms with Crippen molar-refractivity contribution < 1.29 is 14.4 Å². The van der Waals surface area contributed by atoms with Crippen molar-refractivity contribution in [2.45, 2.75) is 31.7 Å². The fourth-order valence-corrected chi connectivity index (χ4v) is 2.40. The first-order valence-electron chi connectivity index (χ1n) is 6.89. The van der Waals surface area contributed by atoms with Crippen LogP contribution in [0.15, 0.2) is 18.2 Å². The normalized spacial score (nSPS) is 17.9. The fraction of sp³-hybridized carbons (Fsp3) is 0.571. The molecule has 110 valence electrons. The quantitative estimate of drug-likeness (QED) is 0.472. The van der Waals surface area contributed by atoms with E-state index in [4.69, 9.17) is 9.47 Å². The van der Waals surface area contributed by atoms with E-state index in [1.54, 1.807) is 12.1 Å². The SMILES string of the molecule is COc1ccc(OCCCC2CCCN2)c([N+](=O)[O-])c1. The Hall–Kier alpha value is -1.82. The Morgan fingerprint density at radius 3 is 3.00 bits per heavy atom. The molecule has 1 fully saturated rings. The number of benzene rings is 1. The van der Waals surface area contributed by atoms with Crippen molar-refractivity contribution in [3.8, 4) is 11.5 Å². The molecular formula is C14H20N2O4. The number of hydrogen-bond donors (Lipinski definition) is 1. The third-order valence-corrected chi connectivity index (χ3v) is 3.48. The highest BCUT2D eigenvalue weighted by molar-refractivity contribution is 5.50. The fourth-order valence-electron chi connectivity index (χ4n) is 2.40. The average molecular weight is 280 g/mol. The van der Waals surface area contributed by atoms with E-state index in [1.165, 1.54) is 26.0 Å². The highest BCUT2D eigenvalue weighted by Crippen LogP contribution is 2.31. The van der Waals surface area contributed by atoms with Crippen molar-refractivity contribution in [1.82, 2.24) is 5.32 Å². The molecule has 1 atom stereocenters. The van der Waals surface area contributed by atoms with Crippen molar-refractivity contribution in [3.05, 3.63) is 28.3 Å². The molecule has 1 aliphatic heterocycles. The first-order chi connectivity index (χ1) is 9.70. The van der Waals surface area contributed by atoms with Gasteiger partial charge in [-0.25, -0.2) is 0 Å². The van der Waals surface area contributed by atoms with Gasteiger partial charge in [-0.15, -0.1) is 0 Å². The molecule has 0 radical (unpaired) electrons. The summed E-state index contributed by atoms with van der Waals surface area (Å²) >= 11 is 0. The summed E-state index contributed by atoms with van der Waals surface area (Å²) in [7, 11) is 1.48. The van der Waals surface area contributed by atoms with E-state index in [9.17, 15) is 10.1 Å². The first kappa shape index (κ1) is 14.6. The Labute approximate surface area is 118 Å². The average Bonchev–Trinajstić information content (AvgIpc) is 2.96. The second-order valence-electron chi connectivity index (χ2n) is 4.87. The van der Waals surface area contributed by atoms with Crippen LogP contribution in [0.1, 0.15) is 25.7 Å². The van der Waals surface area contributed by atoms with Gasteiger partial charge in [0, 0.05) is 6.04 Å². The molecule has 1 aromatic rings. The van der Waals surface area contributed by atoms with Crippen LogP contribution in [-0.2, 0) is 0 Å². The molecule has 6 nitrogen and oxygen atoms in total. The molecule has 20 heavy (non-hydrogen) atoms. The number of nitrogens with zero attached hydrogens (tertiary/aromatic N) is 1. The summed E-state index contributed by atoms with van der Waals surface area (Å²) in [5.41, 5.74) is -0.0525. The molecule has 1 aromatic carbocycles. The maximum absolute atomic E-state index is 11.0. The van der Waals surface area contributed by atoms with E-state index in [0.717, 1.165) is 19.4 Å². The third kappa shape index (κ3) is 3.84. The van der Waals surface area contributed by atoms with Crippen molar-refractivity contribution in [1.29, 1.82) is 0 Å². The lowest BCUT2D eigenvalue weighted by atomic mass is 10.1. The summed E-state index contributed by atoms with van der Waals surface area (Å²) in [6, 6.07) is 5.21. The zero-order valence-corrected chi connectivity index (χ0v) is 11.6. The van der Waals surface area contributed by atoms with Crippen LogP contribution in [0.2, 0.25) is 0 Å².